The zero-order valence-electron chi connectivity index (χ0n) is 13.7. The third-order valence-corrected chi connectivity index (χ3v) is 4.28. The minimum absolute atomic E-state index is 0.0871. The number of thioether (sulfide) groups is 1. The van der Waals surface area contributed by atoms with Gasteiger partial charge >= 0.3 is 0 Å². The Bertz CT molecular complexity index is 636. The number of carbonyl (C=O) groups excluding carboxylic acids is 1. The molecule has 0 aliphatic rings. The maximum absolute atomic E-state index is 12.3. The number of pyridine rings is 1. The number of aliphatic hydroxyl groups is 1. The molecule has 122 valence electrons. The Morgan fingerprint density at radius 3 is 2.52 bits per heavy atom. The summed E-state index contributed by atoms with van der Waals surface area (Å²) in [7, 11) is 1.70. The quantitative estimate of drug-likeness (QED) is 0.826. The first-order valence-electron chi connectivity index (χ1n) is 7.45. The fraction of sp³-hybridized carbons (Fsp3) is 0.333. The highest BCUT2D eigenvalue weighted by atomic mass is 32.2. The molecule has 0 atom stereocenters. The van der Waals surface area contributed by atoms with Gasteiger partial charge in [0.2, 0.25) is 0 Å². The fourth-order valence-corrected chi connectivity index (χ4v) is 3.05. The molecular formula is C18H22N2O2S. The van der Waals surface area contributed by atoms with Crippen LogP contribution in [0.15, 0.2) is 53.7 Å². The lowest BCUT2D eigenvalue weighted by Crippen LogP contribution is -2.39. The molecule has 4 nitrogen and oxygen atoms in total. The van der Waals surface area contributed by atoms with Gasteiger partial charge in [0.1, 0.15) is 0 Å². The third-order valence-electron chi connectivity index (χ3n) is 3.20. The zero-order chi connectivity index (χ0) is 16.9. The predicted molar refractivity (Wildman–Crippen MR) is 93.5 cm³/mol. The summed E-state index contributed by atoms with van der Waals surface area (Å²) in [5.41, 5.74) is 0.897. The van der Waals surface area contributed by atoms with Crippen molar-refractivity contribution >= 4 is 17.7 Å². The van der Waals surface area contributed by atoms with Crippen LogP contribution in [0.4, 0.5) is 0 Å². The van der Waals surface area contributed by atoms with Gasteiger partial charge in [-0.2, -0.15) is 0 Å². The summed E-state index contributed by atoms with van der Waals surface area (Å²) in [6.07, 6.45) is 3.62. The van der Waals surface area contributed by atoms with E-state index in [2.05, 4.69) is 4.98 Å². The first-order chi connectivity index (χ1) is 10.8. The van der Waals surface area contributed by atoms with Crippen molar-refractivity contribution in [2.24, 2.45) is 0 Å². The second-order valence-electron chi connectivity index (χ2n) is 6.15. The first kappa shape index (κ1) is 17.5. The molecule has 0 fully saturated rings. The molecule has 1 N–H and O–H groups in total. The van der Waals surface area contributed by atoms with E-state index in [1.807, 2.05) is 42.6 Å². The first-order valence-corrected chi connectivity index (χ1v) is 8.43. The predicted octanol–water partition coefficient (Wildman–Crippen LogP) is 3.22. The average Bonchev–Trinajstić information content (AvgIpc) is 2.52. The van der Waals surface area contributed by atoms with E-state index in [-0.39, 0.29) is 5.91 Å². The average molecular weight is 330 g/mol. The lowest BCUT2D eigenvalue weighted by atomic mass is 10.1. The molecule has 0 spiro atoms. The third kappa shape index (κ3) is 5.69. The van der Waals surface area contributed by atoms with Gasteiger partial charge in [-0.1, -0.05) is 6.07 Å². The van der Waals surface area contributed by atoms with E-state index in [1.54, 1.807) is 38.9 Å². The van der Waals surface area contributed by atoms with Crippen molar-refractivity contribution < 1.29 is 9.90 Å². The Morgan fingerprint density at radius 1 is 1.26 bits per heavy atom. The summed E-state index contributed by atoms with van der Waals surface area (Å²) in [6.45, 7) is 3.67. The molecule has 23 heavy (non-hydrogen) atoms. The lowest BCUT2D eigenvalue weighted by Gasteiger charge is -2.25. The molecule has 0 radical (unpaired) electrons. The second kappa shape index (κ2) is 7.62. The number of amides is 1. The summed E-state index contributed by atoms with van der Waals surface area (Å²) in [5.74, 6) is 0.760. The molecule has 1 aromatic carbocycles. The Morgan fingerprint density at radius 2 is 1.96 bits per heavy atom. The Kier molecular flexibility index (Phi) is 5.80. The highest BCUT2D eigenvalue weighted by Gasteiger charge is 2.20. The van der Waals surface area contributed by atoms with Crippen LogP contribution in [0, 0.1) is 0 Å². The highest BCUT2D eigenvalue weighted by Crippen LogP contribution is 2.23. The van der Waals surface area contributed by atoms with E-state index in [9.17, 15) is 9.90 Å². The van der Waals surface area contributed by atoms with Gasteiger partial charge in [-0.25, -0.2) is 0 Å². The minimum Gasteiger partial charge on any atom is -0.389 e. The zero-order valence-corrected chi connectivity index (χ0v) is 14.5. The Balaban J connectivity index is 1.95. The van der Waals surface area contributed by atoms with Crippen LogP contribution in [-0.2, 0) is 5.75 Å². The largest absolute Gasteiger partial charge is 0.389 e. The van der Waals surface area contributed by atoms with Crippen LogP contribution >= 0.6 is 11.8 Å². The van der Waals surface area contributed by atoms with E-state index in [0.29, 0.717) is 12.1 Å². The van der Waals surface area contributed by atoms with Crippen LogP contribution in [0.25, 0.3) is 0 Å². The number of hydrogen-bond acceptors (Lipinski definition) is 4. The molecule has 1 heterocycles. The van der Waals surface area contributed by atoms with Crippen LogP contribution in [0.2, 0.25) is 0 Å². The monoisotopic (exact) mass is 330 g/mol. The lowest BCUT2D eigenvalue weighted by molar-refractivity contribution is 0.0368. The highest BCUT2D eigenvalue weighted by molar-refractivity contribution is 7.98. The summed E-state index contributed by atoms with van der Waals surface area (Å²) in [4.78, 5) is 19.1. The number of rotatable bonds is 6. The van der Waals surface area contributed by atoms with Gasteiger partial charge in [-0.05, 0) is 49.7 Å². The van der Waals surface area contributed by atoms with Crippen LogP contribution in [0.5, 0.6) is 0 Å². The number of nitrogens with zero attached hydrogens (tertiary/aromatic N) is 2. The molecule has 2 rings (SSSR count). The summed E-state index contributed by atoms with van der Waals surface area (Å²) >= 11 is 1.71. The van der Waals surface area contributed by atoms with Gasteiger partial charge in [-0.3, -0.25) is 9.78 Å². The van der Waals surface area contributed by atoms with Gasteiger partial charge in [0, 0.05) is 42.2 Å². The molecular weight excluding hydrogens is 308 g/mol. The number of hydrogen-bond donors (Lipinski definition) is 1. The molecule has 0 saturated carbocycles. The summed E-state index contributed by atoms with van der Waals surface area (Å²) in [6, 6.07) is 11.5. The Labute approximate surface area is 141 Å². The molecule has 1 aromatic heterocycles. The van der Waals surface area contributed by atoms with Crippen molar-refractivity contribution in [3.63, 3.8) is 0 Å². The maximum atomic E-state index is 12.3. The maximum Gasteiger partial charge on any atom is 0.253 e. The van der Waals surface area contributed by atoms with E-state index in [1.165, 1.54) is 10.5 Å². The minimum atomic E-state index is -0.899. The number of benzene rings is 1. The molecule has 0 bridgehead atoms. The molecule has 1 amide bonds. The molecule has 2 aromatic rings. The summed E-state index contributed by atoms with van der Waals surface area (Å²) < 4.78 is 0. The normalized spacial score (nSPS) is 11.3. The van der Waals surface area contributed by atoms with E-state index in [4.69, 9.17) is 0 Å². The number of likely N-dealkylation sites (N-methyl/N-ethyl adjacent to an activating group) is 1. The molecule has 0 aliphatic heterocycles. The van der Waals surface area contributed by atoms with E-state index < -0.39 is 5.60 Å². The standard InChI is InChI=1S/C18H22N2O2S/c1-18(2,22)13-20(3)17(21)15-6-8-16(9-7-15)23-12-14-5-4-10-19-11-14/h4-11,22H,12-13H2,1-3H3. The molecule has 0 aliphatic carbocycles. The summed E-state index contributed by atoms with van der Waals surface area (Å²) in [5, 5.41) is 9.80. The van der Waals surface area contributed by atoms with Gasteiger partial charge in [0.15, 0.2) is 0 Å². The van der Waals surface area contributed by atoms with Crippen LogP contribution < -0.4 is 0 Å². The fourth-order valence-electron chi connectivity index (χ4n) is 2.22. The van der Waals surface area contributed by atoms with E-state index in [0.717, 1.165) is 10.6 Å². The van der Waals surface area contributed by atoms with Crippen LogP contribution in [0.3, 0.4) is 0 Å². The van der Waals surface area contributed by atoms with Crippen molar-refractivity contribution in [1.82, 2.24) is 9.88 Å². The van der Waals surface area contributed by atoms with Gasteiger partial charge < -0.3 is 10.0 Å². The SMILES string of the molecule is CN(CC(C)(C)O)C(=O)c1ccc(SCc2cccnc2)cc1. The van der Waals surface area contributed by atoms with Crippen molar-refractivity contribution in [3.05, 3.63) is 59.9 Å². The molecule has 5 heteroatoms. The van der Waals surface area contributed by atoms with Gasteiger partial charge in [0.05, 0.1) is 5.60 Å². The van der Waals surface area contributed by atoms with Crippen LogP contribution in [0.1, 0.15) is 29.8 Å². The second-order valence-corrected chi connectivity index (χ2v) is 7.20. The van der Waals surface area contributed by atoms with Crippen molar-refractivity contribution in [2.45, 2.75) is 30.1 Å². The smallest absolute Gasteiger partial charge is 0.253 e. The van der Waals surface area contributed by atoms with Crippen molar-refractivity contribution in [3.8, 4) is 0 Å². The van der Waals surface area contributed by atoms with Gasteiger partial charge in [-0.15, -0.1) is 11.8 Å². The van der Waals surface area contributed by atoms with Crippen molar-refractivity contribution in [1.29, 1.82) is 0 Å². The number of aromatic nitrogens is 1. The Hall–Kier alpha value is -1.85. The van der Waals surface area contributed by atoms with E-state index >= 15 is 0 Å². The topological polar surface area (TPSA) is 53.4 Å². The molecule has 0 saturated heterocycles. The van der Waals surface area contributed by atoms with Gasteiger partial charge in [0.25, 0.3) is 5.91 Å². The molecule has 0 unspecified atom stereocenters. The number of carbonyl (C=O) groups is 1. The van der Waals surface area contributed by atoms with Crippen LogP contribution in [-0.4, -0.2) is 40.1 Å². The van der Waals surface area contributed by atoms with Crippen molar-refractivity contribution in [2.75, 3.05) is 13.6 Å².